The topological polar surface area (TPSA) is 20.3 Å². The molecule has 0 amide bonds. The fourth-order valence-electron chi connectivity index (χ4n) is 2.54. The molecule has 1 saturated heterocycles. The molecule has 0 aromatic heterocycles. The Labute approximate surface area is 120 Å². The normalized spacial score (nSPS) is 19.3. The molecule has 0 bridgehead atoms. The summed E-state index contributed by atoms with van der Waals surface area (Å²) >= 11 is 2.05. The van der Waals surface area contributed by atoms with Crippen molar-refractivity contribution in [2.24, 2.45) is 0 Å². The number of ketones is 1. The van der Waals surface area contributed by atoms with E-state index in [0.717, 1.165) is 31.6 Å². The van der Waals surface area contributed by atoms with Gasteiger partial charge in [-0.05, 0) is 26.8 Å². The zero-order valence-electron chi connectivity index (χ0n) is 11.9. The van der Waals surface area contributed by atoms with Crippen LogP contribution in [0.4, 0.5) is 0 Å². The fraction of sp³-hybridized carbons (Fsp3) is 0.562. The first-order valence-corrected chi connectivity index (χ1v) is 8.00. The summed E-state index contributed by atoms with van der Waals surface area (Å²) in [4.78, 5) is 14.5. The van der Waals surface area contributed by atoms with Gasteiger partial charge in [-0.3, -0.25) is 4.79 Å². The number of carbonyl (C=O) groups excluding carboxylic acids is 1. The summed E-state index contributed by atoms with van der Waals surface area (Å²) in [5.41, 5.74) is 0.844. The second-order valence-corrected chi connectivity index (χ2v) is 7.58. The molecule has 19 heavy (non-hydrogen) atoms. The number of hydrogen-bond acceptors (Lipinski definition) is 3. The molecule has 1 fully saturated rings. The Morgan fingerprint density at radius 2 is 2.05 bits per heavy atom. The largest absolute Gasteiger partial charge is 0.301 e. The molecule has 1 heterocycles. The number of benzene rings is 1. The predicted molar refractivity (Wildman–Crippen MR) is 83.0 cm³/mol. The van der Waals surface area contributed by atoms with Crippen LogP contribution in [0.1, 0.15) is 37.0 Å². The number of carbonyl (C=O) groups is 1. The second kappa shape index (κ2) is 6.58. The van der Waals surface area contributed by atoms with E-state index in [-0.39, 0.29) is 5.78 Å². The second-order valence-electron chi connectivity index (χ2n) is 5.78. The molecule has 0 spiro atoms. The summed E-state index contributed by atoms with van der Waals surface area (Å²) < 4.78 is 0.363. The molecule has 1 aromatic carbocycles. The highest BCUT2D eigenvalue weighted by atomic mass is 32.2. The summed E-state index contributed by atoms with van der Waals surface area (Å²) in [5.74, 6) is 1.48. The van der Waals surface area contributed by atoms with E-state index in [1.165, 1.54) is 5.75 Å². The molecule has 1 aliphatic rings. The Bertz CT molecular complexity index is 416. The number of nitrogens with zero attached hydrogens (tertiary/aromatic N) is 1. The smallest absolute Gasteiger partial charge is 0.162 e. The lowest BCUT2D eigenvalue weighted by Gasteiger charge is -2.37. The Balaban J connectivity index is 1.73. The van der Waals surface area contributed by atoms with Crippen LogP contribution in [0.3, 0.4) is 0 Å². The summed E-state index contributed by atoms with van der Waals surface area (Å²) in [5, 5.41) is 0. The molecule has 0 radical (unpaired) electrons. The summed E-state index contributed by atoms with van der Waals surface area (Å²) in [6.07, 6.45) is 1.63. The van der Waals surface area contributed by atoms with Crippen molar-refractivity contribution in [1.82, 2.24) is 4.90 Å². The average molecular weight is 277 g/mol. The van der Waals surface area contributed by atoms with Crippen molar-refractivity contribution in [1.29, 1.82) is 0 Å². The number of thioether (sulfide) groups is 1. The fourth-order valence-corrected chi connectivity index (χ4v) is 3.71. The van der Waals surface area contributed by atoms with Gasteiger partial charge in [0.15, 0.2) is 5.78 Å². The summed E-state index contributed by atoms with van der Waals surface area (Å²) in [7, 11) is 0. The van der Waals surface area contributed by atoms with Crippen LogP contribution in [-0.2, 0) is 0 Å². The van der Waals surface area contributed by atoms with Crippen LogP contribution >= 0.6 is 11.8 Å². The third-order valence-electron chi connectivity index (χ3n) is 3.48. The number of hydrogen-bond donors (Lipinski definition) is 0. The van der Waals surface area contributed by atoms with E-state index < -0.39 is 0 Å². The van der Waals surface area contributed by atoms with E-state index >= 15 is 0 Å². The minimum atomic E-state index is 0.270. The SMILES string of the molecule is CC1(C)CN(CCCC(=O)c2ccccc2)CCS1. The van der Waals surface area contributed by atoms with Crippen molar-refractivity contribution in [2.45, 2.75) is 31.4 Å². The molecule has 0 aliphatic carbocycles. The quantitative estimate of drug-likeness (QED) is 0.769. The zero-order chi connectivity index (χ0) is 13.7. The van der Waals surface area contributed by atoms with Crippen LogP contribution in [0.5, 0.6) is 0 Å². The van der Waals surface area contributed by atoms with E-state index in [1.807, 2.05) is 30.3 Å². The van der Waals surface area contributed by atoms with Crippen molar-refractivity contribution in [3.8, 4) is 0 Å². The number of Topliss-reactive ketones (excluding diaryl/α,β-unsaturated/α-hetero) is 1. The van der Waals surface area contributed by atoms with Gasteiger partial charge in [-0.2, -0.15) is 11.8 Å². The Kier molecular flexibility index (Phi) is 5.06. The highest BCUT2D eigenvalue weighted by molar-refractivity contribution is 8.00. The van der Waals surface area contributed by atoms with Crippen LogP contribution in [-0.4, -0.2) is 40.8 Å². The molecule has 2 nitrogen and oxygen atoms in total. The Morgan fingerprint density at radius 3 is 2.74 bits per heavy atom. The van der Waals surface area contributed by atoms with Crippen molar-refractivity contribution in [2.75, 3.05) is 25.4 Å². The molecule has 0 saturated carbocycles. The minimum absolute atomic E-state index is 0.270. The van der Waals surface area contributed by atoms with Gasteiger partial charge in [0.25, 0.3) is 0 Å². The van der Waals surface area contributed by atoms with Crippen LogP contribution in [0, 0.1) is 0 Å². The summed E-state index contributed by atoms with van der Waals surface area (Å²) in [6.45, 7) is 7.95. The van der Waals surface area contributed by atoms with Crippen LogP contribution < -0.4 is 0 Å². The van der Waals surface area contributed by atoms with Crippen LogP contribution in [0.2, 0.25) is 0 Å². The van der Waals surface area contributed by atoms with Gasteiger partial charge in [0.2, 0.25) is 0 Å². The van der Waals surface area contributed by atoms with Gasteiger partial charge in [-0.25, -0.2) is 0 Å². The van der Waals surface area contributed by atoms with Crippen molar-refractivity contribution in [3.05, 3.63) is 35.9 Å². The lowest BCUT2D eigenvalue weighted by atomic mass is 10.1. The lowest BCUT2D eigenvalue weighted by molar-refractivity contribution is 0.0974. The monoisotopic (exact) mass is 277 g/mol. The minimum Gasteiger partial charge on any atom is -0.301 e. The first-order valence-electron chi connectivity index (χ1n) is 7.01. The van der Waals surface area contributed by atoms with E-state index in [0.29, 0.717) is 11.2 Å². The predicted octanol–water partition coefficient (Wildman–Crippen LogP) is 3.48. The maximum atomic E-state index is 12.0. The maximum absolute atomic E-state index is 12.0. The van der Waals surface area contributed by atoms with Gasteiger partial charge in [-0.15, -0.1) is 0 Å². The van der Waals surface area contributed by atoms with E-state index in [9.17, 15) is 4.79 Å². The molecule has 0 N–H and O–H groups in total. The highest BCUT2D eigenvalue weighted by Crippen LogP contribution is 2.29. The summed E-state index contributed by atoms with van der Waals surface area (Å²) in [6, 6.07) is 9.62. The van der Waals surface area contributed by atoms with Crippen molar-refractivity contribution >= 4 is 17.5 Å². The highest BCUT2D eigenvalue weighted by Gasteiger charge is 2.26. The van der Waals surface area contributed by atoms with E-state index in [4.69, 9.17) is 0 Å². The van der Waals surface area contributed by atoms with Crippen molar-refractivity contribution in [3.63, 3.8) is 0 Å². The lowest BCUT2D eigenvalue weighted by Crippen LogP contribution is -2.43. The Hall–Kier alpha value is -0.800. The molecular formula is C16H23NOS. The maximum Gasteiger partial charge on any atom is 0.162 e. The standard InChI is InChI=1S/C16H23NOS/c1-16(2)13-17(11-12-19-16)10-6-9-15(18)14-7-4-3-5-8-14/h3-5,7-8H,6,9-13H2,1-2H3. The van der Waals surface area contributed by atoms with Gasteiger partial charge in [0.1, 0.15) is 0 Å². The van der Waals surface area contributed by atoms with Gasteiger partial charge >= 0.3 is 0 Å². The molecule has 0 unspecified atom stereocenters. The van der Waals surface area contributed by atoms with Crippen LogP contribution in [0.15, 0.2) is 30.3 Å². The van der Waals surface area contributed by atoms with Gasteiger partial charge in [0, 0.05) is 35.6 Å². The molecule has 2 rings (SSSR count). The zero-order valence-corrected chi connectivity index (χ0v) is 12.7. The van der Waals surface area contributed by atoms with Gasteiger partial charge in [0.05, 0.1) is 0 Å². The molecule has 1 aromatic rings. The van der Waals surface area contributed by atoms with Gasteiger partial charge in [-0.1, -0.05) is 30.3 Å². The first kappa shape index (κ1) is 14.6. The van der Waals surface area contributed by atoms with Crippen molar-refractivity contribution < 1.29 is 4.79 Å². The Morgan fingerprint density at radius 1 is 1.32 bits per heavy atom. The first-order chi connectivity index (χ1) is 9.07. The third kappa shape index (κ3) is 4.66. The van der Waals surface area contributed by atoms with Crippen LogP contribution in [0.25, 0.3) is 0 Å². The molecule has 104 valence electrons. The molecular weight excluding hydrogens is 254 g/mol. The average Bonchev–Trinajstić information content (AvgIpc) is 2.38. The van der Waals surface area contributed by atoms with Gasteiger partial charge < -0.3 is 4.90 Å². The number of rotatable bonds is 5. The molecule has 3 heteroatoms. The van der Waals surface area contributed by atoms with E-state index in [1.54, 1.807) is 0 Å². The third-order valence-corrected chi connectivity index (χ3v) is 4.78. The van der Waals surface area contributed by atoms with E-state index in [2.05, 4.69) is 30.5 Å². The molecule has 1 aliphatic heterocycles. The molecule has 0 atom stereocenters.